The average Bonchev–Trinajstić information content (AvgIpc) is 2.56. The molecule has 0 aliphatic rings. The lowest BCUT2D eigenvalue weighted by Gasteiger charge is -2.13. The van der Waals surface area contributed by atoms with Gasteiger partial charge in [-0.15, -0.1) is 0 Å². The molecule has 1 aromatic carbocycles. The summed E-state index contributed by atoms with van der Waals surface area (Å²) in [7, 11) is -0.973. The van der Waals surface area contributed by atoms with Crippen molar-refractivity contribution >= 4 is 27.4 Å². The molecule has 1 heterocycles. The molecule has 1 aromatic heterocycles. The molecule has 1 amide bonds. The number of Topliss-reactive ketones (excluding diaryl/α,β-unsaturated/α-hetero) is 1. The number of nitrogens with zero attached hydrogens (tertiary/aromatic N) is 2. The van der Waals surface area contributed by atoms with E-state index in [0.29, 0.717) is 11.3 Å². The minimum absolute atomic E-state index is 0.0894. The fraction of sp³-hybridized carbons (Fsp3) is 0.235. The number of ketones is 1. The molecule has 9 heteroatoms. The van der Waals surface area contributed by atoms with Gasteiger partial charge in [0.2, 0.25) is 15.9 Å². The zero-order valence-corrected chi connectivity index (χ0v) is 15.4. The standard InChI is InChI=1S/C17H19N3O5S/c1-12(21)13-5-4-6-14(9-13)18-16(22)11-20-10-15(7-8-17(20)23)26(24,25)19(2)3/h4-10H,11H2,1-3H3,(H,18,22). The van der Waals surface area contributed by atoms with Crippen LogP contribution in [0, 0.1) is 0 Å². The molecule has 0 atom stereocenters. The summed E-state index contributed by atoms with van der Waals surface area (Å²) in [6, 6.07) is 8.68. The van der Waals surface area contributed by atoms with Gasteiger partial charge in [-0.25, -0.2) is 12.7 Å². The molecule has 138 valence electrons. The Morgan fingerprint density at radius 1 is 1.15 bits per heavy atom. The van der Waals surface area contributed by atoms with Crippen LogP contribution in [-0.4, -0.2) is 43.1 Å². The number of hydrogen-bond donors (Lipinski definition) is 1. The summed E-state index contributed by atoms with van der Waals surface area (Å²) in [5.41, 5.74) is 0.349. The number of hydrogen-bond acceptors (Lipinski definition) is 5. The summed E-state index contributed by atoms with van der Waals surface area (Å²) in [4.78, 5) is 35.4. The van der Waals surface area contributed by atoms with Crippen LogP contribution in [0.2, 0.25) is 0 Å². The molecule has 0 spiro atoms. The van der Waals surface area contributed by atoms with E-state index in [-0.39, 0.29) is 17.2 Å². The predicted octanol–water partition coefficient (Wildman–Crippen LogP) is 0.940. The minimum Gasteiger partial charge on any atom is -0.325 e. The summed E-state index contributed by atoms with van der Waals surface area (Å²) in [5.74, 6) is -0.661. The van der Waals surface area contributed by atoms with Crippen LogP contribution in [0.25, 0.3) is 0 Å². The second-order valence-electron chi connectivity index (χ2n) is 5.80. The zero-order chi connectivity index (χ0) is 19.5. The van der Waals surface area contributed by atoms with Gasteiger partial charge in [-0.05, 0) is 25.1 Å². The lowest BCUT2D eigenvalue weighted by molar-refractivity contribution is -0.116. The Hall–Kier alpha value is -2.78. The van der Waals surface area contributed by atoms with Crippen molar-refractivity contribution in [2.75, 3.05) is 19.4 Å². The summed E-state index contributed by atoms with van der Waals surface area (Å²) in [6.07, 6.45) is 1.13. The van der Waals surface area contributed by atoms with Crippen LogP contribution in [0.15, 0.2) is 52.3 Å². The molecule has 0 aliphatic carbocycles. The lowest BCUT2D eigenvalue weighted by Crippen LogP contribution is -2.29. The van der Waals surface area contributed by atoms with Crippen LogP contribution in [0.3, 0.4) is 0 Å². The third-order valence-corrected chi connectivity index (χ3v) is 5.40. The first-order valence-corrected chi connectivity index (χ1v) is 9.09. The van der Waals surface area contributed by atoms with Crippen molar-refractivity contribution in [3.63, 3.8) is 0 Å². The van der Waals surface area contributed by atoms with E-state index in [0.717, 1.165) is 21.1 Å². The number of amides is 1. The molecule has 2 rings (SSSR count). The number of sulfonamides is 1. The van der Waals surface area contributed by atoms with E-state index in [2.05, 4.69) is 5.32 Å². The maximum absolute atomic E-state index is 12.2. The number of carbonyl (C=O) groups is 2. The van der Waals surface area contributed by atoms with Crippen molar-refractivity contribution in [2.24, 2.45) is 0 Å². The smallest absolute Gasteiger partial charge is 0.251 e. The van der Waals surface area contributed by atoms with E-state index < -0.39 is 21.5 Å². The van der Waals surface area contributed by atoms with Crippen LogP contribution in [0.1, 0.15) is 17.3 Å². The van der Waals surface area contributed by atoms with E-state index in [9.17, 15) is 22.8 Å². The quantitative estimate of drug-likeness (QED) is 0.754. The van der Waals surface area contributed by atoms with Gasteiger partial charge in [0.25, 0.3) is 5.56 Å². The molecule has 1 N–H and O–H groups in total. The van der Waals surface area contributed by atoms with Gasteiger partial charge in [-0.1, -0.05) is 12.1 Å². The average molecular weight is 377 g/mol. The van der Waals surface area contributed by atoms with Gasteiger partial charge in [0, 0.05) is 37.6 Å². The maximum Gasteiger partial charge on any atom is 0.251 e. The predicted molar refractivity (Wildman–Crippen MR) is 96.7 cm³/mol. The highest BCUT2D eigenvalue weighted by Crippen LogP contribution is 2.12. The summed E-state index contributed by atoms with van der Waals surface area (Å²) in [5, 5.41) is 2.58. The van der Waals surface area contributed by atoms with Gasteiger partial charge >= 0.3 is 0 Å². The van der Waals surface area contributed by atoms with Gasteiger partial charge in [0.15, 0.2) is 5.78 Å². The first-order chi connectivity index (χ1) is 12.1. The Morgan fingerprint density at radius 2 is 1.85 bits per heavy atom. The van der Waals surface area contributed by atoms with E-state index in [1.165, 1.54) is 33.2 Å². The Morgan fingerprint density at radius 3 is 2.46 bits per heavy atom. The number of aromatic nitrogens is 1. The Balaban J connectivity index is 2.23. The van der Waals surface area contributed by atoms with E-state index in [1.54, 1.807) is 18.2 Å². The van der Waals surface area contributed by atoms with E-state index in [1.807, 2.05) is 0 Å². The molecule has 8 nitrogen and oxygen atoms in total. The van der Waals surface area contributed by atoms with Gasteiger partial charge in [0.1, 0.15) is 6.54 Å². The summed E-state index contributed by atoms with van der Waals surface area (Å²) >= 11 is 0. The molecule has 2 aromatic rings. The number of benzene rings is 1. The maximum atomic E-state index is 12.2. The highest BCUT2D eigenvalue weighted by Gasteiger charge is 2.18. The third-order valence-electron chi connectivity index (χ3n) is 3.60. The normalized spacial score (nSPS) is 11.4. The van der Waals surface area contributed by atoms with Gasteiger partial charge in [0.05, 0.1) is 4.90 Å². The van der Waals surface area contributed by atoms with Crippen LogP contribution in [0.4, 0.5) is 5.69 Å². The first-order valence-electron chi connectivity index (χ1n) is 7.65. The number of pyridine rings is 1. The summed E-state index contributed by atoms with van der Waals surface area (Å²) in [6.45, 7) is 1.05. The SMILES string of the molecule is CC(=O)c1cccc(NC(=O)Cn2cc(S(=O)(=O)N(C)C)ccc2=O)c1. The Kier molecular flexibility index (Phi) is 5.73. The molecule has 26 heavy (non-hydrogen) atoms. The topological polar surface area (TPSA) is 106 Å². The second-order valence-corrected chi connectivity index (χ2v) is 7.96. The molecule has 0 bridgehead atoms. The van der Waals surface area contributed by atoms with Crippen LogP contribution in [-0.2, 0) is 21.4 Å². The molecule has 0 saturated carbocycles. The zero-order valence-electron chi connectivity index (χ0n) is 14.6. The Labute approximate surface area is 151 Å². The van der Waals surface area contributed by atoms with Gasteiger partial charge in [-0.3, -0.25) is 14.4 Å². The molecular weight excluding hydrogens is 358 g/mol. The largest absolute Gasteiger partial charge is 0.325 e. The fourth-order valence-electron chi connectivity index (χ4n) is 2.17. The van der Waals surface area contributed by atoms with E-state index >= 15 is 0 Å². The Bertz CT molecular complexity index is 1010. The van der Waals surface area contributed by atoms with Gasteiger partial charge in [-0.2, -0.15) is 0 Å². The van der Waals surface area contributed by atoms with Crippen molar-refractivity contribution in [1.82, 2.24) is 8.87 Å². The van der Waals surface area contributed by atoms with Crippen molar-refractivity contribution in [1.29, 1.82) is 0 Å². The highest BCUT2D eigenvalue weighted by atomic mass is 32.2. The van der Waals surface area contributed by atoms with E-state index in [4.69, 9.17) is 0 Å². The molecule has 0 radical (unpaired) electrons. The van der Waals surface area contributed by atoms with Gasteiger partial charge < -0.3 is 9.88 Å². The molecule has 0 aliphatic heterocycles. The lowest BCUT2D eigenvalue weighted by atomic mass is 10.1. The minimum atomic E-state index is -3.72. The molecule has 0 saturated heterocycles. The number of nitrogens with one attached hydrogen (secondary N) is 1. The fourth-order valence-corrected chi connectivity index (χ4v) is 3.09. The molecule has 0 unspecified atom stereocenters. The monoisotopic (exact) mass is 377 g/mol. The van der Waals surface area contributed by atoms with Crippen molar-refractivity contribution < 1.29 is 18.0 Å². The highest BCUT2D eigenvalue weighted by molar-refractivity contribution is 7.89. The first kappa shape index (κ1) is 19.5. The number of anilines is 1. The summed E-state index contributed by atoms with van der Waals surface area (Å²) < 4.78 is 26.3. The second kappa shape index (κ2) is 7.63. The molecule has 0 fully saturated rings. The third kappa shape index (κ3) is 4.44. The van der Waals surface area contributed by atoms with Crippen molar-refractivity contribution in [3.05, 3.63) is 58.5 Å². The number of rotatable bonds is 6. The van der Waals surface area contributed by atoms with Crippen LogP contribution in [0.5, 0.6) is 0 Å². The van der Waals surface area contributed by atoms with Crippen molar-refractivity contribution in [2.45, 2.75) is 18.4 Å². The number of carbonyl (C=O) groups excluding carboxylic acids is 2. The van der Waals surface area contributed by atoms with Crippen molar-refractivity contribution in [3.8, 4) is 0 Å². The molecular formula is C17H19N3O5S. The van der Waals surface area contributed by atoms with Crippen LogP contribution < -0.4 is 10.9 Å². The van der Waals surface area contributed by atoms with Crippen LogP contribution >= 0.6 is 0 Å².